The summed E-state index contributed by atoms with van der Waals surface area (Å²) < 4.78 is 5.37. The van der Waals surface area contributed by atoms with E-state index in [0.29, 0.717) is 25.6 Å². The second-order valence-electron chi connectivity index (χ2n) is 7.99. The lowest BCUT2D eigenvalue weighted by Crippen LogP contribution is -2.56. The Hall–Kier alpha value is -2.08. The first kappa shape index (κ1) is 18.7. The molecule has 0 unspecified atom stereocenters. The van der Waals surface area contributed by atoms with Gasteiger partial charge in [0.15, 0.2) is 0 Å². The van der Waals surface area contributed by atoms with Crippen molar-refractivity contribution >= 4 is 18.0 Å². The Bertz CT molecular complexity index is 681. The molecule has 6 heteroatoms. The second kappa shape index (κ2) is 7.27. The number of hydrogen-bond acceptors (Lipinski definition) is 4. The van der Waals surface area contributed by atoms with Gasteiger partial charge in [0.2, 0.25) is 12.3 Å². The fourth-order valence-electron chi connectivity index (χ4n) is 4.30. The minimum absolute atomic E-state index is 0.118. The second-order valence-corrected chi connectivity index (χ2v) is 7.99. The smallest absolute Gasteiger partial charge is 0.241 e. The predicted octanol–water partition coefficient (Wildman–Crippen LogP) is 2.09. The van der Waals surface area contributed by atoms with Gasteiger partial charge < -0.3 is 14.5 Å². The summed E-state index contributed by atoms with van der Waals surface area (Å²) in [7, 11) is 1.67. The van der Waals surface area contributed by atoms with Crippen molar-refractivity contribution in [3.05, 3.63) is 23.8 Å². The average Bonchev–Trinajstić information content (AvgIpc) is 2.61. The van der Waals surface area contributed by atoms with E-state index in [1.54, 1.807) is 12.0 Å². The summed E-state index contributed by atoms with van der Waals surface area (Å²) >= 11 is 0. The van der Waals surface area contributed by atoms with Crippen LogP contribution in [0.1, 0.15) is 38.7 Å². The molecule has 2 amide bonds. The third-order valence-electron chi connectivity index (χ3n) is 5.58. The summed E-state index contributed by atoms with van der Waals surface area (Å²) in [5.41, 5.74) is 1.93. The van der Waals surface area contributed by atoms with Crippen molar-refractivity contribution in [1.82, 2.24) is 9.80 Å². The van der Waals surface area contributed by atoms with Crippen LogP contribution in [0.3, 0.4) is 0 Å². The zero-order valence-electron chi connectivity index (χ0n) is 16.2. The molecule has 2 aliphatic rings. The van der Waals surface area contributed by atoms with Crippen LogP contribution in [0.15, 0.2) is 18.2 Å². The van der Waals surface area contributed by atoms with Crippen molar-refractivity contribution < 1.29 is 14.3 Å². The molecule has 2 heterocycles. The fraction of sp³-hybridized carbons (Fsp3) is 0.600. The van der Waals surface area contributed by atoms with Crippen LogP contribution in [0.4, 0.5) is 5.69 Å². The summed E-state index contributed by atoms with van der Waals surface area (Å²) in [4.78, 5) is 30.0. The zero-order chi connectivity index (χ0) is 18.9. The molecule has 0 aromatic heterocycles. The quantitative estimate of drug-likeness (QED) is 0.773. The molecule has 0 saturated carbocycles. The molecule has 142 valence electrons. The predicted molar refractivity (Wildman–Crippen MR) is 102 cm³/mol. The Kier molecular flexibility index (Phi) is 5.23. The van der Waals surface area contributed by atoms with Crippen molar-refractivity contribution in [1.29, 1.82) is 0 Å². The van der Waals surface area contributed by atoms with Crippen molar-refractivity contribution in [3.8, 4) is 5.75 Å². The van der Waals surface area contributed by atoms with E-state index in [0.717, 1.165) is 37.4 Å². The highest BCUT2D eigenvalue weighted by Crippen LogP contribution is 2.44. The normalized spacial score (nSPS) is 22.7. The average molecular weight is 359 g/mol. The van der Waals surface area contributed by atoms with Gasteiger partial charge in [-0.2, -0.15) is 0 Å². The van der Waals surface area contributed by atoms with Crippen molar-refractivity contribution in [2.75, 3.05) is 44.7 Å². The molecular formula is C20H29N3O3. The number of amides is 2. The molecule has 2 aliphatic heterocycles. The number of carbonyl (C=O) groups is 2. The van der Waals surface area contributed by atoms with Crippen LogP contribution in [0.2, 0.25) is 0 Å². The minimum atomic E-state index is -0.233. The van der Waals surface area contributed by atoms with Gasteiger partial charge >= 0.3 is 0 Å². The number of benzene rings is 1. The van der Waals surface area contributed by atoms with Crippen LogP contribution in [0, 0.1) is 0 Å². The third-order valence-corrected chi connectivity index (χ3v) is 5.58. The lowest BCUT2D eigenvalue weighted by Gasteiger charge is -2.47. The van der Waals surface area contributed by atoms with E-state index in [1.165, 1.54) is 5.56 Å². The number of piperazine rings is 1. The largest absolute Gasteiger partial charge is 0.497 e. The maximum absolute atomic E-state index is 13.2. The standard InChI is InChI=1S/C20H29N3O3/c1-15-12-20(2,3)23(18-6-5-16(26-4)11-17(15)18)19(25)13-21-7-9-22(14-24)10-8-21/h5-6,11,14-15H,7-10,12-13H2,1-4H3/t15-/m0/s1. The molecule has 6 nitrogen and oxygen atoms in total. The van der Waals surface area contributed by atoms with E-state index in [1.807, 2.05) is 17.0 Å². The highest BCUT2D eigenvalue weighted by atomic mass is 16.5. The molecule has 0 N–H and O–H groups in total. The molecule has 1 atom stereocenters. The van der Waals surface area contributed by atoms with Crippen LogP contribution in [-0.4, -0.2) is 67.5 Å². The van der Waals surface area contributed by atoms with E-state index in [9.17, 15) is 9.59 Å². The SMILES string of the molecule is COc1ccc2c(c1)[C@@H](C)CC(C)(C)N2C(=O)CN1CCN(C=O)CC1. The lowest BCUT2D eigenvalue weighted by molar-refractivity contribution is -0.122. The number of anilines is 1. The van der Waals surface area contributed by atoms with Gasteiger partial charge in [-0.25, -0.2) is 0 Å². The van der Waals surface area contributed by atoms with Gasteiger partial charge in [0.25, 0.3) is 0 Å². The highest BCUT2D eigenvalue weighted by Gasteiger charge is 2.40. The lowest BCUT2D eigenvalue weighted by atomic mass is 9.80. The first-order valence-electron chi connectivity index (χ1n) is 9.28. The van der Waals surface area contributed by atoms with E-state index in [-0.39, 0.29) is 11.4 Å². The van der Waals surface area contributed by atoms with Crippen LogP contribution < -0.4 is 9.64 Å². The number of fused-ring (bicyclic) bond motifs is 1. The molecule has 1 aromatic rings. The zero-order valence-corrected chi connectivity index (χ0v) is 16.2. The van der Waals surface area contributed by atoms with Gasteiger partial charge in [0.1, 0.15) is 5.75 Å². The third kappa shape index (κ3) is 3.56. The summed E-state index contributed by atoms with van der Waals surface area (Å²) in [6.07, 6.45) is 1.80. The molecule has 0 bridgehead atoms. The molecule has 26 heavy (non-hydrogen) atoms. The van der Waals surface area contributed by atoms with Crippen molar-refractivity contribution in [2.24, 2.45) is 0 Å². The molecule has 0 spiro atoms. The van der Waals surface area contributed by atoms with Gasteiger partial charge in [-0.3, -0.25) is 14.5 Å². The molecule has 3 rings (SSSR count). The summed E-state index contributed by atoms with van der Waals surface area (Å²) in [5.74, 6) is 1.32. The molecule has 0 radical (unpaired) electrons. The van der Waals surface area contributed by atoms with E-state index < -0.39 is 0 Å². The van der Waals surface area contributed by atoms with Gasteiger partial charge in [0, 0.05) is 37.4 Å². The molecule has 1 saturated heterocycles. The highest BCUT2D eigenvalue weighted by molar-refractivity contribution is 5.97. The maximum Gasteiger partial charge on any atom is 0.241 e. The Morgan fingerprint density at radius 2 is 1.96 bits per heavy atom. The van der Waals surface area contributed by atoms with Crippen LogP contribution >= 0.6 is 0 Å². The first-order valence-corrected chi connectivity index (χ1v) is 9.28. The summed E-state index contributed by atoms with van der Waals surface area (Å²) in [6, 6.07) is 5.99. The number of carbonyl (C=O) groups excluding carboxylic acids is 2. The van der Waals surface area contributed by atoms with Crippen molar-refractivity contribution in [2.45, 2.75) is 38.6 Å². The number of ether oxygens (including phenoxy) is 1. The molecule has 0 aliphatic carbocycles. The number of hydrogen-bond donors (Lipinski definition) is 0. The van der Waals surface area contributed by atoms with Crippen LogP contribution in [-0.2, 0) is 9.59 Å². The Labute approximate surface area is 155 Å². The fourth-order valence-corrected chi connectivity index (χ4v) is 4.30. The summed E-state index contributed by atoms with van der Waals surface area (Å²) in [6.45, 7) is 9.72. The monoisotopic (exact) mass is 359 g/mol. The van der Waals surface area contributed by atoms with Gasteiger partial charge in [-0.15, -0.1) is 0 Å². The summed E-state index contributed by atoms with van der Waals surface area (Å²) in [5, 5.41) is 0. The van der Waals surface area contributed by atoms with Gasteiger partial charge in [-0.05, 0) is 49.9 Å². The Balaban J connectivity index is 1.82. The molecule has 1 fully saturated rings. The minimum Gasteiger partial charge on any atom is -0.497 e. The van der Waals surface area contributed by atoms with Crippen molar-refractivity contribution in [3.63, 3.8) is 0 Å². The maximum atomic E-state index is 13.2. The Morgan fingerprint density at radius 3 is 2.58 bits per heavy atom. The number of rotatable bonds is 4. The first-order chi connectivity index (χ1) is 12.4. The molecule has 1 aromatic carbocycles. The van der Waals surface area contributed by atoms with E-state index in [4.69, 9.17) is 4.74 Å². The number of nitrogens with zero attached hydrogens (tertiary/aromatic N) is 3. The van der Waals surface area contributed by atoms with Gasteiger partial charge in [-0.1, -0.05) is 6.92 Å². The Morgan fingerprint density at radius 1 is 1.27 bits per heavy atom. The van der Waals surface area contributed by atoms with E-state index >= 15 is 0 Å². The van der Waals surface area contributed by atoms with Gasteiger partial charge in [0.05, 0.1) is 13.7 Å². The number of methoxy groups -OCH3 is 1. The van der Waals surface area contributed by atoms with Crippen LogP contribution in [0.5, 0.6) is 5.75 Å². The molecular weight excluding hydrogens is 330 g/mol. The van der Waals surface area contributed by atoms with Crippen LogP contribution in [0.25, 0.3) is 0 Å². The van der Waals surface area contributed by atoms with E-state index in [2.05, 4.69) is 31.7 Å². The topological polar surface area (TPSA) is 53.1 Å².